The van der Waals surface area contributed by atoms with Gasteiger partial charge < -0.3 is 10.6 Å². The summed E-state index contributed by atoms with van der Waals surface area (Å²) in [6.45, 7) is 2.07. The highest BCUT2D eigenvalue weighted by molar-refractivity contribution is 5.99. The molecule has 0 saturated heterocycles. The van der Waals surface area contributed by atoms with Crippen LogP contribution in [0, 0.1) is 18.6 Å². The molecule has 1 amide bonds. The predicted octanol–water partition coefficient (Wildman–Crippen LogP) is 3.24. The molecular formula is C16H16F2N2O. The van der Waals surface area contributed by atoms with Crippen LogP contribution in [-0.2, 0) is 6.54 Å². The van der Waals surface area contributed by atoms with Gasteiger partial charge in [0.15, 0.2) is 11.6 Å². The molecule has 0 aliphatic carbocycles. The Balaban J connectivity index is 2.09. The molecule has 0 aliphatic heterocycles. The number of hydrogen-bond acceptors (Lipinski definition) is 2. The summed E-state index contributed by atoms with van der Waals surface area (Å²) < 4.78 is 25.9. The molecule has 0 aromatic heterocycles. The van der Waals surface area contributed by atoms with Gasteiger partial charge in [0.25, 0.3) is 5.91 Å². The molecule has 110 valence electrons. The maximum Gasteiger partial charge on any atom is 0.253 e. The number of rotatable bonds is 4. The number of anilines is 1. The first-order valence-electron chi connectivity index (χ1n) is 6.52. The predicted molar refractivity (Wildman–Crippen MR) is 78.3 cm³/mol. The molecule has 0 aliphatic rings. The number of carbonyl (C=O) groups excluding carboxylic acids is 1. The van der Waals surface area contributed by atoms with Gasteiger partial charge in [0.05, 0.1) is 5.56 Å². The van der Waals surface area contributed by atoms with Crippen LogP contribution in [0.1, 0.15) is 21.5 Å². The van der Waals surface area contributed by atoms with Crippen LogP contribution in [0.15, 0.2) is 36.4 Å². The van der Waals surface area contributed by atoms with Crippen LogP contribution in [0.4, 0.5) is 14.5 Å². The van der Waals surface area contributed by atoms with Crippen LogP contribution in [0.2, 0.25) is 0 Å². The second-order valence-electron chi connectivity index (χ2n) is 4.73. The van der Waals surface area contributed by atoms with Crippen molar-refractivity contribution in [2.75, 3.05) is 12.4 Å². The average Bonchev–Trinajstić information content (AvgIpc) is 2.48. The fourth-order valence-corrected chi connectivity index (χ4v) is 1.99. The zero-order valence-electron chi connectivity index (χ0n) is 11.8. The van der Waals surface area contributed by atoms with Crippen molar-refractivity contribution >= 4 is 11.6 Å². The highest BCUT2D eigenvalue weighted by atomic mass is 19.2. The van der Waals surface area contributed by atoms with Gasteiger partial charge in [-0.3, -0.25) is 4.79 Å². The molecule has 21 heavy (non-hydrogen) atoms. The van der Waals surface area contributed by atoms with E-state index in [4.69, 9.17) is 0 Å². The van der Waals surface area contributed by atoms with Crippen LogP contribution in [0.3, 0.4) is 0 Å². The maximum atomic E-state index is 13.1. The normalized spacial score (nSPS) is 10.3. The Labute approximate surface area is 122 Å². The first kappa shape index (κ1) is 15.0. The molecule has 0 radical (unpaired) electrons. The molecule has 0 unspecified atom stereocenters. The minimum atomic E-state index is -0.923. The van der Waals surface area contributed by atoms with E-state index in [0.29, 0.717) is 11.1 Å². The van der Waals surface area contributed by atoms with E-state index in [2.05, 4.69) is 10.6 Å². The maximum absolute atomic E-state index is 13.1. The number of hydrogen-bond donors (Lipinski definition) is 2. The van der Waals surface area contributed by atoms with Crippen molar-refractivity contribution < 1.29 is 13.6 Å². The van der Waals surface area contributed by atoms with E-state index in [9.17, 15) is 13.6 Å². The highest BCUT2D eigenvalue weighted by Crippen LogP contribution is 2.17. The Kier molecular flexibility index (Phi) is 4.52. The molecule has 0 spiro atoms. The largest absolute Gasteiger partial charge is 0.387 e. The van der Waals surface area contributed by atoms with E-state index in [-0.39, 0.29) is 12.5 Å². The minimum Gasteiger partial charge on any atom is -0.387 e. The lowest BCUT2D eigenvalue weighted by molar-refractivity contribution is 0.0951. The van der Waals surface area contributed by atoms with Crippen molar-refractivity contribution in [3.8, 4) is 0 Å². The molecule has 0 saturated carbocycles. The number of aryl methyl sites for hydroxylation is 1. The fourth-order valence-electron chi connectivity index (χ4n) is 1.99. The van der Waals surface area contributed by atoms with E-state index >= 15 is 0 Å². The third-order valence-corrected chi connectivity index (χ3v) is 3.13. The van der Waals surface area contributed by atoms with Gasteiger partial charge in [-0.2, -0.15) is 0 Å². The molecule has 2 N–H and O–H groups in total. The zero-order valence-corrected chi connectivity index (χ0v) is 11.8. The summed E-state index contributed by atoms with van der Waals surface area (Å²) in [5, 5.41) is 5.65. The molecule has 0 heterocycles. The van der Waals surface area contributed by atoms with Crippen LogP contribution < -0.4 is 10.6 Å². The van der Waals surface area contributed by atoms with Gasteiger partial charge in [-0.05, 0) is 42.3 Å². The molecule has 2 aromatic carbocycles. The quantitative estimate of drug-likeness (QED) is 0.907. The SMILES string of the molecule is CNc1cc(C)ccc1C(=O)NCc1ccc(F)c(F)c1. The second-order valence-corrected chi connectivity index (χ2v) is 4.73. The van der Waals surface area contributed by atoms with Crippen molar-refractivity contribution in [2.45, 2.75) is 13.5 Å². The number of benzene rings is 2. The average molecular weight is 290 g/mol. The van der Waals surface area contributed by atoms with E-state index in [1.165, 1.54) is 6.07 Å². The Bertz CT molecular complexity index is 671. The number of nitrogens with one attached hydrogen (secondary N) is 2. The highest BCUT2D eigenvalue weighted by Gasteiger charge is 2.11. The van der Waals surface area contributed by atoms with Crippen LogP contribution in [-0.4, -0.2) is 13.0 Å². The lowest BCUT2D eigenvalue weighted by Crippen LogP contribution is -2.23. The van der Waals surface area contributed by atoms with E-state index < -0.39 is 11.6 Å². The van der Waals surface area contributed by atoms with Gasteiger partial charge in [-0.25, -0.2) is 8.78 Å². The third kappa shape index (κ3) is 3.56. The molecule has 5 heteroatoms. The Morgan fingerprint density at radius 3 is 2.52 bits per heavy atom. The number of halogens is 2. The molecule has 3 nitrogen and oxygen atoms in total. The monoisotopic (exact) mass is 290 g/mol. The standard InChI is InChI=1S/C16H16F2N2O/c1-10-3-5-12(15(7-10)19-2)16(21)20-9-11-4-6-13(17)14(18)8-11/h3-8,19H,9H2,1-2H3,(H,20,21). The van der Waals surface area contributed by atoms with Gasteiger partial charge in [0.2, 0.25) is 0 Å². The van der Waals surface area contributed by atoms with Crippen molar-refractivity contribution in [3.05, 3.63) is 64.7 Å². The van der Waals surface area contributed by atoms with Crippen molar-refractivity contribution in [1.82, 2.24) is 5.32 Å². The first-order valence-corrected chi connectivity index (χ1v) is 6.52. The summed E-state index contributed by atoms with van der Waals surface area (Å²) in [5.41, 5.74) is 2.76. The van der Waals surface area contributed by atoms with Crippen molar-refractivity contribution in [3.63, 3.8) is 0 Å². The number of amides is 1. The summed E-state index contributed by atoms with van der Waals surface area (Å²) in [5.74, 6) is -2.10. The summed E-state index contributed by atoms with van der Waals surface area (Å²) in [6.07, 6.45) is 0. The van der Waals surface area contributed by atoms with Crippen molar-refractivity contribution in [2.24, 2.45) is 0 Å². The van der Waals surface area contributed by atoms with Gasteiger partial charge in [-0.1, -0.05) is 12.1 Å². The van der Waals surface area contributed by atoms with Gasteiger partial charge in [-0.15, -0.1) is 0 Å². The van der Waals surface area contributed by atoms with Gasteiger partial charge in [0.1, 0.15) is 0 Å². The van der Waals surface area contributed by atoms with Crippen LogP contribution in [0.5, 0.6) is 0 Å². The summed E-state index contributed by atoms with van der Waals surface area (Å²) in [6, 6.07) is 8.99. The summed E-state index contributed by atoms with van der Waals surface area (Å²) in [7, 11) is 1.74. The lowest BCUT2D eigenvalue weighted by atomic mass is 10.1. The topological polar surface area (TPSA) is 41.1 Å². The van der Waals surface area contributed by atoms with Gasteiger partial charge >= 0.3 is 0 Å². The Hall–Kier alpha value is -2.43. The molecule has 0 fully saturated rings. The Morgan fingerprint density at radius 1 is 1.10 bits per heavy atom. The first-order chi connectivity index (χ1) is 10.0. The fraction of sp³-hybridized carbons (Fsp3) is 0.188. The number of carbonyl (C=O) groups is 1. The van der Waals surface area contributed by atoms with E-state index in [1.807, 2.05) is 19.1 Å². The summed E-state index contributed by atoms with van der Waals surface area (Å²) in [4.78, 5) is 12.1. The third-order valence-electron chi connectivity index (χ3n) is 3.13. The Morgan fingerprint density at radius 2 is 1.86 bits per heavy atom. The summed E-state index contributed by atoms with van der Waals surface area (Å²) >= 11 is 0. The molecule has 0 bridgehead atoms. The van der Waals surface area contributed by atoms with Crippen LogP contribution in [0.25, 0.3) is 0 Å². The van der Waals surface area contributed by atoms with E-state index in [1.54, 1.807) is 13.1 Å². The zero-order chi connectivity index (χ0) is 15.4. The molecule has 2 rings (SSSR count). The second kappa shape index (κ2) is 6.35. The van der Waals surface area contributed by atoms with Crippen molar-refractivity contribution in [1.29, 1.82) is 0 Å². The smallest absolute Gasteiger partial charge is 0.253 e. The van der Waals surface area contributed by atoms with Crippen LogP contribution >= 0.6 is 0 Å². The molecule has 0 atom stereocenters. The molecule has 2 aromatic rings. The lowest BCUT2D eigenvalue weighted by Gasteiger charge is -2.11. The minimum absolute atomic E-state index is 0.132. The van der Waals surface area contributed by atoms with E-state index in [0.717, 1.165) is 23.4 Å². The molecular weight excluding hydrogens is 274 g/mol. The van der Waals surface area contributed by atoms with Gasteiger partial charge in [0, 0.05) is 19.3 Å².